The SMILES string of the molecule is O=C(NC(CC1CCCC1)C(=O)N1CCCC2OCC(=O)C21)c1cc2ccccc2s1. The van der Waals surface area contributed by atoms with Gasteiger partial charge in [-0.05, 0) is 42.7 Å². The van der Waals surface area contributed by atoms with Crippen LogP contribution in [0.2, 0.25) is 0 Å². The van der Waals surface area contributed by atoms with Crippen LogP contribution in [-0.4, -0.2) is 53.8 Å². The highest BCUT2D eigenvalue weighted by Crippen LogP contribution is 2.32. The third kappa shape index (κ3) is 4.13. The molecule has 164 valence electrons. The van der Waals surface area contributed by atoms with Crippen molar-refractivity contribution < 1.29 is 19.1 Å². The van der Waals surface area contributed by atoms with Gasteiger partial charge in [-0.2, -0.15) is 0 Å². The fourth-order valence-corrected chi connectivity index (χ4v) is 6.33. The molecule has 1 N–H and O–H groups in total. The monoisotopic (exact) mass is 440 g/mol. The van der Waals surface area contributed by atoms with Crippen molar-refractivity contribution in [2.45, 2.75) is 63.1 Å². The molecule has 2 saturated heterocycles. The number of likely N-dealkylation sites (tertiary alicyclic amines) is 1. The second-order valence-corrected chi connectivity index (χ2v) is 10.1. The molecule has 0 bridgehead atoms. The van der Waals surface area contributed by atoms with Crippen LogP contribution in [0.1, 0.15) is 54.6 Å². The first-order valence-corrected chi connectivity index (χ1v) is 12.2. The summed E-state index contributed by atoms with van der Waals surface area (Å²) >= 11 is 1.44. The Morgan fingerprint density at radius 3 is 2.77 bits per heavy atom. The number of carbonyl (C=O) groups excluding carboxylic acids is 3. The molecule has 31 heavy (non-hydrogen) atoms. The van der Waals surface area contributed by atoms with Gasteiger partial charge in [0.15, 0.2) is 5.78 Å². The molecule has 1 aromatic carbocycles. The minimum absolute atomic E-state index is 0.0199. The summed E-state index contributed by atoms with van der Waals surface area (Å²) in [6.45, 7) is 0.634. The van der Waals surface area contributed by atoms with Crippen LogP contribution in [0.15, 0.2) is 30.3 Å². The van der Waals surface area contributed by atoms with E-state index in [4.69, 9.17) is 4.74 Å². The molecule has 1 aliphatic carbocycles. The van der Waals surface area contributed by atoms with Crippen molar-refractivity contribution in [1.29, 1.82) is 0 Å². The van der Waals surface area contributed by atoms with Gasteiger partial charge in [0.25, 0.3) is 5.91 Å². The molecule has 3 heterocycles. The minimum Gasteiger partial charge on any atom is -0.368 e. The molecule has 2 aliphatic heterocycles. The second kappa shape index (κ2) is 8.71. The summed E-state index contributed by atoms with van der Waals surface area (Å²) in [5, 5.41) is 4.07. The number of thiophene rings is 1. The Kier molecular flexibility index (Phi) is 5.80. The van der Waals surface area contributed by atoms with Gasteiger partial charge in [0, 0.05) is 11.2 Å². The highest BCUT2D eigenvalue weighted by Gasteiger charge is 2.46. The number of benzene rings is 1. The summed E-state index contributed by atoms with van der Waals surface area (Å²) in [7, 11) is 0. The van der Waals surface area contributed by atoms with Crippen molar-refractivity contribution in [3.63, 3.8) is 0 Å². The molecule has 7 heteroatoms. The smallest absolute Gasteiger partial charge is 0.262 e. The molecule has 0 spiro atoms. The summed E-state index contributed by atoms with van der Waals surface area (Å²) in [6, 6.07) is 8.69. The molecule has 1 saturated carbocycles. The lowest BCUT2D eigenvalue weighted by atomic mass is 9.93. The van der Waals surface area contributed by atoms with Gasteiger partial charge in [-0.15, -0.1) is 11.3 Å². The fourth-order valence-electron chi connectivity index (χ4n) is 5.36. The van der Waals surface area contributed by atoms with E-state index in [1.807, 2.05) is 30.3 Å². The summed E-state index contributed by atoms with van der Waals surface area (Å²) in [6.07, 6.45) is 6.61. The number of amides is 2. The van der Waals surface area contributed by atoms with Gasteiger partial charge < -0.3 is 15.0 Å². The van der Waals surface area contributed by atoms with Crippen LogP contribution in [-0.2, 0) is 14.3 Å². The lowest BCUT2D eigenvalue weighted by molar-refractivity contribution is -0.142. The number of rotatable bonds is 5. The Balaban J connectivity index is 1.37. The second-order valence-electron chi connectivity index (χ2n) is 9.00. The molecule has 5 rings (SSSR count). The van der Waals surface area contributed by atoms with Crippen molar-refractivity contribution in [2.75, 3.05) is 13.2 Å². The zero-order chi connectivity index (χ0) is 21.4. The van der Waals surface area contributed by atoms with Crippen LogP contribution in [0.3, 0.4) is 0 Å². The highest BCUT2D eigenvalue weighted by atomic mass is 32.1. The highest BCUT2D eigenvalue weighted by molar-refractivity contribution is 7.20. The molecule has 3 unspecified atom stereocenters. The number of hydrogen-bond donors (Lipinski definition) is 1. The number of ether oxygens (including phenoxy) is 1. The standard InChI is InChI=1S/C24H28N2O4S/c27-18-14-30-19-9-5-11-26(22(18)19)24(29)17(12-15-6-1-2-7-15)25-23(28)21-13-16-8-3-4-10-20(16)31-21/h3-4,8,10,13,15,17,19,22H,1-2,5-7,9,11-12,14H2,(H,25,28). The van der Waals surface area contributed by atoms with E-state index < -0.39 is 12.1 Å². The number of ketones is 1. The first kappa shape index (κ1) is 20.6. The number of Topliss-reactive ketones (excluding diaryl/α,β-unsaturated/α-hetero) is 1. The lowest BCUT2D eigenvalue weighted by Gasteiger charge is -2.38. The minimum atomic E-state index is -0.604. The summed E-state index contributed by atoms with van der Waals surface area (Å²) in [5.41, 5.74) is 0. The number of nitrogens with one attached hydrogen (secondary N) is 1. The largest absolute Gasteiger partial charge is 0.368 e. The first-order valence-electron chi connectivity index (χ1n) is 11.3. The lowest BCUT2D eigenvalue weighted by Crippen LogP contribution is -2.58. The van der Waals surface area contributed by atoms with Crippen LogP contribution in [0, 0.1) is 5.92 Å². The van der Waals surface area contributed by atoms with E-state index in [2.05, 4.69) is 5.32 Å². The topological polar surface area (TPSA) is 75.7 Å². The zero-order valence-electron chi connectivity index (χ0n) is 17.5. The van der Waals surface area contributed by atoms with Gasteiger partial charge in [-0.3, -0.25) is 14.4 Å². The summed E-state index contributed by atoms with van der Waals surface area (Å²) in [4.78, 5) is 41.5. The van der Waals surface area contributed by atoms with Crippen LogP contribution in [0.25, 0.3) is 10.1 Å². The van der Waals surface area contributed by atoms with E-state index >= 15 is 0 Å². The average molecular weight is 441 g/mol. The van der Waals surface area contributed by atoms with E-state index in [0.29, 0.717) is 23.8 Å². The van der Waals surface area contributed by atoms with Crippen molar-refractivity contribution >= 4 is 39.0 Å². The van der Waals surface area contributed by atoms with Crippen molar-refractivity contribution in [3.05, 3.63) is 35.2 Å². The van der Waals surface area contributed by atoms with Gasteiger partial charge in [-0.1, -0.05) is 43.9 Å². The third-order valence-electron chi connectivity index (χ3n) is 6.92. The molecule has 2 aromatic rings. The molecule has 6 nitrogen and oxygen atoms in total. The van der Waals surface area contributed by atoms with Crippen LogP contribution in [0.4, 0.5) is 0 Å². The molecule has 0 radical (unpaired) electrons. The predicted molar refractivity (Wildman–Crippen MR) is 119 cm³/mol. The third-order valence-corrected chi connectivity index (χ3v) is 8.04. The maximum Gasteiger partial charge on any atom is 0.262 e. The van der Waals surface area contributed by atoms with Crippen LogP contribution >= 0.6 is 11.3 Å². The Labute approximate surface area is 185 Å². The van der Waals surface area contributed by atoms with Gasteiger partial charge in [0.2, 0.25) is 5.91 Å². The van der Waals surface area contributed by atoms with E-state index in [1.54, 1.807) is 4.90 Å². The molecule has 2 amide bonds. The average Bonchev–Trinajstić information content (AvgIpc) is 3.52. The van der Waals surface area contributed by atoms with Crippen molar-refractivity contribution in [3.8, 4) is 0 Å². The maximum atomic E-state index is 13.6. The van der Waals surface area contributed by atoms with E-state index in [-0.39, 0.29) is 30.3 Å². The molecular formula is C24H28N2O4S. The quantitative estimate of drug-likeness (QED) is 0.772. The zero-order valence-corrected chi connectivity index (χ0v) is 18.4. The molecule has 3 atom stereocenters. The van der Waals surface area contributed by atoms with E-state index in [0.717, 1.165) is 35.8 Å². The number of hydrogen-bond acceptors (Lipinski definition) is 5. The van der Waals surface area contributed by atoms with Gasteiger partial charge in [0.05, 0.1) is 11.0 Å². The van der Waals surface area contributed by atoms with Gasteiger partial charge >= 0.3 is 0 Å². The van der Waals surface area contributed by atoms with Crippen molar-refractivity contribution in [2.24, 2.45) is 5.92 Å². The summed E-state index contributed by atoms with van der Waals surface area (Å²) in [5.74, 6) is 0.0799. The first-order chi connectivity index (χ1) is 15.1. The number of fused-ring (bicyclic) bond motifs is 2. The maximum absolute atomic E-state index is 13.6. The Bertz CT molecular complexity index is 963. The van der Waals surface area contributed by atoms with Gasteiger partial charge in [-0.25, -0.2) is 0 Å². The Hall–Kier alpha value is -2.25. The Morgan fingerprint density at radius 1 is 1.16 bits per heavy atom. The fraction of sp³-hybridized carbons (Fsp3) is 0.542. The molecule has 1 aromatic heterocycles. The number of carbonyl (C=O) groups is 3. The normalized spacial score (nSPS) is 25.0. The van der Waals surface area contributed by atoms with E-state index in [1.165, 1.54) is 24.2 Å². The van der Waals surface area contributed by atoms with E-state index in [9.17, 15) is 14.4 Å². The van der Waals surface area contributed by atoms with Crippen LogP contribution in [0.5, 0.6) is 0 Å². The molecule has 3 fully saturated rings. The van der Waals surface area contributed by atoms with Crippen LogP contribution < -0.4 is 5.32 Å². The summed E-state index contributed by atoms with van der Waals surface area (Å²) < 4.78 is 6.67. The Morgan fingerprint density at radius 2 is 1.97 bits per heavy atom. The number of piperidine rings is 1. The van der Waals surface area contributed by atoms with Crippen molar-refractivity contribution in [1.82, 2.24) is 10.2 Å². The predicted octanol–water partition coefficient (Wildman–Crippen LogP) is 3.54. The molecule has 3 aliphatic rings. The number of nitrogens with zero attached hydrogens (tertiary/aromatic N) is 1. The molecular weight excluding hydrogens is 412 g/mol. The van der Waals surface area contributed by atoms with Gasteiger partial charge in [0.1, 0.15) is 18.7 Å².